The predicted molar refractivity (Wildman–Crippen MR) is 48.5 cm³/mol. The van der Waals surface area contributed by atoms with Gasteiger partial charge in [0.25, 0.3) is 0 Å². The lowest BCUT2D eigenvalue weighted by Crippen LogP contribution is -1.99. The Morgan fingerprint density at radius 3 is 2.69 bits per heavy atom. The molecule has 1 aromatic heterocycles. The number of benzene rings is 1. The van der Waals surface area contributed by atoms with Crippen LogP contribution in [-0.2, 0) is 0 Å². The topological polar surface area (TPSA) is 47.9 Å². The second-order valence-corrected chi connectivity index (χ2v) is 2.52. The molecule has 2 rings (SSSR count). The van der Waals surface area contributed by atoms with Crippen molar-refractivity contribution in [3.8, 4) is 6.01 Å². The highest BCUT2D eigenvalue weighted by molar-refractivity contribution is 5.73. The summed E-state index contributed by atoms with van der Waals surface area (Å²) in [7, 11) is 0. The summed E-state index contributed by atoms with van der Waals surface area (Å²) in [5.74, 6) is 0. The Bertz CT molecular complexity index is 416. The second-order valence-electron chi connectivity index (χ2n) is 2.52. The average Bonchev–Trinajstić information content (AvgIpc) is 2.18. The molecule has 13 heavy (non-hydrogen) atoms. The third kappa shape index (κ3) is 1.56. The number of hydrogen-bond donors (Lipinski definition) is 0. The molecule has 0 unspecified atom stereocenters. The second kappa shape index (κ2) is 3.35. The summed E-state index contributed by atoms with van der Waals surface area (Å²) in [6.07, 6.45) is 0. The first-order valence-electron chi connectivity index (χ1n) is 4.12. The van der Waals surface area contributed by atoms with Gasteiger partial charge in [0.05, 0.1) is 12.1 Å². The van der Waals surface area contributed by atoms with Crippen LogP contribution < -0.4 is 4.74 Å². The van der Waals surface area contributed by atoms with E-state index >= 15 is 0 Å². The quantitative estimate of drug-likeness (QED) is 0.692. The maximum Gasteiger partial charge on any atom is 0.336 e. The molecule has 2 aromatic rings. The number of nitrogens with zero attached hydrogens (tertiary/aromatic N) is 3. The maximum absolute atomic E-state index is 5.13. The molecule has 1 heterocycles. The van der Waals surface area contributed by atoms with E-state index in [2.05, 4.69) is 15.2 Å². The summed E-state index contributed by atoms with van der Waals surface area (Å²) in [6.45, 7) is 2.44. The fourth-order valence-electron chi connectivity index (χ4n) is 1.06. The summed E-state index contributed by atoms with van der Waals surface area (Å²) in [4.78, 5) is 4.17. The Balaban J connectivity index is 2.49. The van der Waals surface area contributed by atoms with Crippen LogP contribution >= 0.6 is 0 Å². The molecule has 0 aliphatic carbocycles. The minimum Gasteiger partial charge on any atom is -0.463 e. The van der Waals surface area contributed by atoms with Crippen LogP contribution in [0.2, 0.25) is 0 Å². The molecule has 0 N–H and O–H groups in total. The van der Waals surface area contributed by atoms with Crippen LogP contribution in [-0.4, -0.2) is 21.8 Å². The van der Waals surface area contributed by atoms with Crippen molar-refractivity contribution in [3.05, 3.63) is 24.3 Å². The fraction of sp³-hybridized carbons (Fsp3) is 0.222. The Hall–Kier alpha value is -1.71. The minimum absolute atomic E-state index is 0.334. The Labute approximate surface area is 75.6 Å². The molecule has 0 aliphatic heterocycles. The van der Waals surface area contributed by atoms with Crippen LogP contribution in [0, 0.1) is 0 Å². The van der Waals surface area contributed by atoms with Crippen LogP contribution in [0.15, 0.2) is 24.3 Å². The molecule has 0 amide bonds. The lowest BCUT2D eigenvalue weighted by Gasteiger charge is -1.99. The molecule has 4 heteroatoms. The monoisotopic (exact) mass is 175 g/mol. The summed E-state index contributed by atoms with van der Waals surface area (Å²) in [5, 5.41) is 7.78. The highest BCUT2D eigenvalue weighted by atomic mass is 16.5. The third-order valence-electron chi connectivity index (χ3n) is 1.61. The van der Waals surface area contributed by atoms with E-state index in [0.29, 0.717) is 12.6 Å². The molecule has 4 nitrogen and oxygen atoms in total. The van der Waals surface area contributed by atoms with Crippen molar-refractivity contribution in [1.29, 1.82) is 0 Å². The number of fused-ring (bicyclic) bond motifs is 1. The predicted octanol–water partition coefficient (Wildman–Crippen LogP) is 1.42. The third-order valence-corrected chi connectivity index (χ3v) is 1.61. The highest BCUT2D eigenvalue weighted by Crippen LogP contribution is 2.09. The van der Waals surface area contributed by atoms with Crippen molar-refractivity contribution >= 4 is 11.0 Å². The molecule has 0 radical (unpaired) electrons. The van der Waals surface area contributed by atoms with Gasteiger partial charge in [0.15, 0.2) is 0 Å². The van der Waals surface area contributed by atoms with Gasteiger partial charge < -0.3 is 4.74 Å². The standard InChI is InChI=1S/C9H9N3O/c1-2-13-9-10-7-5-3-4-6-8(7)11-12-9/h3-6H,2H2,1H3. The van der Waals surface area contributed by atoms with Crippen molar-refractivity contribution in [1.82, 2.24) is 15.2 Å². The van der Waals surface area contributed by atoms with Gasteiger partial charge in [-0.1, -0.05) is 17.2 Å². The summed E-state index contributed by atoms with van der Waals surface area (Å²) in [6, 6.07) is 7.89. The molecule has 1 aromatic carbocycles. The zero-order valence-corrected chi connectivity index (χ0v) is 7.27. The first kappa shape index (κ1) is 7.91. The van der Waals surface area contributed by atoms with Gasteiger partial charge in [0.1, 0.15) is 5.52 Å². The molecule has 0 saturated carbocycles. The van der Waals surface area contributed by atoms with E-state index in [-0.39, 0.29) is 0 Å². The van der Waals surface area contributed by atoms with Gasteiger partial charge in [-0.05, 0) is 19.1 Å². The number of ether oxygens (including phenoxy) is 1. The Kier molecular flexibility index (Phi) is 2.04. The lowest BCUT2D eigenvalue weighted by molar-refractivity contribution is 0.310. The normalized spacial score (nSPS) is 10.2. The van der Waals surface area contributed by atoms with Crippen molar-refractivity contribution in [3.63, 3.8) is 0 Å². The van der Waals surface area contributed by atoms with E-state index in [1.54, 1.807) is 0 Å². The molecule has 0 saturated heterocycles. The summed E-state index contributed by atoms with van der Waals surface area (Å²) >= 11 is 0. The van der Waals surface area contributed by atoms with Crippen molar-refractivity contribution in [2.75, 3.05) is 6.61 Å². The van der Waals surface area contributed by atoms with Gasteiger partial charge in [-0.3, -0.25) is 0 Å². The number of hydrogen-bond acceptors (Lipinski definition) is 4. The zero-order valence-electron chi connectivity index (χ0n) is 7.27. The maximum atomic E-state index is 5.13. The van der Waals surface area contributed by atoms with Crippen LogP contribution in [0.4, 0.5) is 0 Å². The molecule has 0 atom stereocenters. The van der Waals surface area contributed by atoms with E-state index in [0.717, 1.165) is 11.0 Å². The van der Waals surface area contributed by atoms with E-state index in [9.17, 15) is 0 Å². The smallest absolute Gasteiger partial charge is 0.336 e. The number of para-hydroxylation sites is 1. The first-order valence-corrected chi connectivity index (χ1v) is 4.12. The molecule has 0 bridgehead atoms. The first-order chi connectivity index (χ1) is 6.40. The van der Waals surface area contributed by atoms with Gasteiger partial charge in [-0.15, -0.1) is 5.10 Å². The molecule has 0 spiro atoms. The van der Waals surface area contributed by atoms with E-state index in [1.807, 2.05) is 31.2 Å². The van der Waals surface area contributed by atoms with E-state index in [1.165, 1.54) is 0 Å². The Morgan fingerprint density at radius 1 is 1.15 bits per heavy atom. The van der Waals surface area contributed by atoms with Gasteiger partial charge in [-0.25, -0.2) is 0 Å². The summed E-state index contributed by atoms with van der Waals surface area (Å²) < 4.78 is 5.13. The van der Waals surface area contributed by atoms with Crippen LogP contribution in [0.1, 0.15) is 6.92 Å². The van der Waals surface area contributed by atoms with Crippen LogP contribution in [0.5, 0.6) is 6.01 Å². The fourth-order valence-corrected chi connectivity index (χ4v) is 1.06. The molecule has 66 valence electrons. The molecular weight excluding hydrogens is 166 g/mol. The van der Waals surface area contributed by atoms with Crippen molar-refractivity contribution in [2.45, 2.75) is 6.92 Å². The van der Waals surface area contributed by atoms with Crippen molar-refractivity contribution in [2.24, 2.45) is 0 Å². The molecule has 0 fully saturated rings. The van der Waals surface area contributed by atoms with E-state index in [4.69, 9.17) is 4.74 Å². The SMILES string of the molecule is CCOc1nnc2ccccc2n1. The highest BCUT2D eigenvalue weighted by Gasteiger charge is 1.99. The number of rotatable bonds is 2. The van der Waals surface area contributed by atoms with Gasteiger partial charge >= 0.3 is 6.01 Å². The van der Waals surface area contributed by atoms with E-state index < -0.39 is 0 Å². The van der Waals surface area contributed by atoms with Gasteiger partial charge in [0.2, 0.25) is 0 Å². The van der Waals surface area contributed by atoms with Crippen molar-refractivity contribution < 1.29 is 4.74 Å². The zero-order chi connectivity index (χ0) is 9.10. The molecular formula is C9H9N3O. The van der Waals surface area contributed by atoms with Crippen LogP contribution in [0.25, 0.3) is 11.0 Å². The van der Waals surface area contributed by atoms with Gasteiger partial charge in [0, 0.05) is 0 Å². The minimum atomic E-state index is 0.334. The molecule has 0 aliphatic rings. The average molecular weight is 175 g/mol. The lowest BCUT2D eigenvalue weighted by atomic mass is 10.3. The number of aromatic nitrogens is 3. The van der Waals surface area contributed by atoms with Gasteiger partial charge in [-0.2, -0.15) is 4.98 Å². The van der Waals surface area contributed by atoms with Crippen LogP contribution in [0.3, 0.4) is 0 Å². The Morgan fingerprint density at radius 2 is 1.92 bits per heavy atom. The largest absolute Gasteiger partial charge is 0.463 e. The summed E-state index contributed by atoms with van der Waals surface area (Å²) in [5.41, 5.74) is 1.59.